The van der Waals surface area contributed by atoms with E-state index in [1.807, 2.05) is 43.3 Å². The molecule has 6 rings (SSSR count). The van der Waals surface area contributed by atoms with E-state index in [0.717, 1.165) is 55.6 Å². The van der Waals surface area contributed by atoms with Crippen LogP contribution in [0, 0.1) is 13.8 Å². The van der Waals surface area contributed by atoms with Crippen LogP contribution in [0.15, 0.2) is 108 Å². The van der Waals surface area contributed by atoms with Crippen LogP contribution < -0.4 is 24.3 Å². The van der Waals surface area contributed by atoms with Gasteiger partial charge in [0.25, 0.3) is 0 Å². The van der Waals surface area contributed by atoms with E-state index in [9.17, 15) is 20.1 Å². The number of hydrogen-bond donors (Lipinski definition) is 4. The molecular formula is C50H51Cl2N5O8. The molecule has 0 radical (unpaired) electrons. The summed E-state index contributed by atoms with van der Waals surface area (Å²) in [6.45, 7) is 4.46. The number of nitrogens with one attached hydrogen (secondary N) is 1. The predicted molar refractivity (Wildman–Crippen MR) is 253 cm³/mol. The third-order valence-electron chi connectivity index (χ3n) is 10.6. The molecule has 2 aromatic heterocycles. The minimum atomic E-state index is -1.08. The molecule has 4 N–H and O–H groups in total. The number of halogens is 2. The van der Waals surface area contributed by atoms with Gasteiger partial charge in [-0.2, -0.15) is 0 Å². The van der Waals surface area contributed by atoms with Crippen LogP contribution in [0.5, 0.6) is 23.0 Å². The Morgan fingerprint density at radius 2 is 1.14 bits per heavy atom. The Labute approximate surface area is 388 Å². The summed E-state index contributed by atoms with van der Waals surface area (Å²) >= 11 is 13.5. The average Bonchev–Trinajstić information content (AvgIpc) is 3.30. The number of carboxylic acid groups (broad SMARTS) is 1. The van der Waals surface area contributed by atoms with Crippen molar-refractivity contribution in [2.75, 3.05) is 20.7 Å². The number of benzene rings is 4. The van der Waals surface area contributed by atoms with Gasteiger partial charge in [-0.25, -0.2) is 0 Å². The number of aliphatic hydroxyl groups is 2. The van der Waals surface area contributed by atoms with Crippen molar-refractivity contribution in [3.63, 3.8) is 0 Å². The minimum Gasteiger partial charge on any atom is -0.488 e. The van der Waals surface area contributed by atoms with Crippen LogP contribution in [0.4, 0.5) is 0 Å². The Morgan fingerprint density at radius 3 is 1.60 bits per heavy atom. The summed E-state index contributed by atoms with van der Waals surface area (Å²) in [5.41, 5.74) is 10.4. The van der Waals surface area contributed by atoms with Gasteiger partial charge in [0.1, 0.15) is 55.5 Å². The number of carbonyl (C=O) groups is 1. The molecule has 338 valence electrons. The highest BCUT2D eigenvalue weighted by atomic mass is 35.5. The molecule has 13 nitrogen and oxygen atoms in total. The van der Waals surface area contributed by atoms with Gasteiger partial charge >= 0.3 is 5.97 Å². The van der Waals surface area contributed by atoms with Crippen molar-refractivity contribution in [2.24, 2.45) is 9.98 Å². The fourth-order valence-electron chi connectivity index (χ4n) is 7.09. The molecule has 0 aliphatic heterocycles. The first-order chi connectivity index (χ1) is 31.5. The smallest absolute Gasteiger partial charge is 0.320 e. The zero-order valence-electron chi connectivity index (χ0n) is 36.6. The highest BCUT2D eigenvalue weighted by Gasteiger charge is 2.20. The lowest BCUT2D eigenvalue weighted by Gasteiger charge is -2.19. The molecule has 0 amide bonds. The van der Waals surface area contributed by atoms with Crippen molar-refractivity contribution in [3.8, 4) is 34.1 Å². The molecule has 4 aromatic carbocycles. The summed E-state index contributed by atoms with van der Waals surface area (Å²) in [5.74, 6) is 0.610. The van der Waals surface area contributed by atoms with Crippen molar-refractivity contribution in [1.82, 2.24) is 15.3 Å². The maximum absolute atomic E-state index is 11.8. The summed E-state index contributed by atoms with van der Waals surface area (Å²) in [6, 6.07) is 21.7. The van der Waals surface area contributed by atoms with Gasteiger partial charge in [-0.15, -0.1) is 0 Å². The van der Waals surface area contributed by atoms with E-state index in [2.05, 4.69) is 44.3 Å². The summed E-state index contributed by atoms with van der Waals surface area (Å²) in [6.07, 6.45) is 10.3. The summed E-state index contributed by atoms with van der Waals surface area (Å²) in [5, 5.41) is 32.8. The molecule has 0 aliphatic carbocycles. The molecule has 0 saturated heterocycles. The van der Waals surface area contributed by atoms with Gasteiger partial charge in [-0.05, 0) is 77.9 Å². The Hall–Kier alpha value is -6.35. The van der Waals surface area contributed by atoms with E-state index < -0.39 is 12.0 Å². The van der Waals surface area contributed by atoms with E-state index in [0.29, 0.717) is 44.2 Å². The lowest BCUT2D eigenvalue weighted by Crippen LogP contribution is -2.37. The van der Waals surface area contributed by atoms with Crippen molar-refractivity contribution >= 4 is 41.6 Å². The fraction of sp³-hybridized carbons (Fsp3) is 0.260. The summed E-state index contributed by atoms with van der Waals surface area (Å²) in [4.78, 5) is 28.5. The quantitative estimate of drug-likeness (QED) is 0.0479. The Kier molecular flexibility index (Phi) is 17.4. The molecule has 2 heterocycles. The summed E-state index contributed by atoms with van der Waals surface area (Å²) < 4.78 is 25.1. The van der Waals surface area contributed by atoms with Gasteiger partial charge < -0.3 is 39.6 Å². The SMILES string of the molecule is CN=Cc1cncc(COc2cc(OCc3cccc(-c4cccc(COc5cc(OCc6cncc(C=NC)c6)c(CN[C@H](CCO)C(=O)O)cc5Cl)c4C)c3C)c(Cl)cc2CO)c1. The maximum Gasteiger partial charge on any atom is 0.320 e. The first-order valence-corrected chi connectivity index (χ1v) is 21.5. The number of hydrogen-bond acceptors (Lipinski definition) is 12. The number of carboxylic acids is 1. The second kappa shape index (κ2) is 23.5. The van der Waals surface area contributed by atoms with E-state index >= 15 is 0 Å². The number of aliphatic carboxylic acids is 1. The van der Waals surface area contributed by atoms with Crippen molar-refractivity contribution in [1.29, 1.82) is 0 Å². The van der Waals surface area contributed by atoms with Crippen LogP contribution in [0.1, 0.15) is 62.1 Å². The second-order valence-electron chi connectivity index (χ2n) is 15.1. The van der Waals surface area contributed by atoms with Crippen molar-refractivity contribution in [3.05, 3.63) is 163 Å². The fourth-order valence-corrected chi connectivity index (χ4v) is 7.57. The van der Waals surface area contributed by atoms with Crippen LogP contribution in [0.2, 0.25) is 10.0 Å². The highest BCUT2D eigenvalue weighted by molar-refractivity contribution is 6.32. The molecule has 65 heavy (non-hydrogen) atoms. The third-order valence-corrected chi connectivity index (χ3v) is 11.2. The third kappa shape index (κ3) is 12.9. The monoisotopic (exact) mass is 919 g/mol. The zero-order chi connectivity index (χ0) is 46.3. The van der Waals surface area contributed by atoms with Gasteiger partial charge in [0.15, 0.2) is 0 Å². The second-order valence-corrected chi connectivity index (χ2v) is 15.9. The lowest BCUT2D eigenvalue weighted by molar-refractivity contribution is -0.140. The molecule has 15 heteroatoms. The van der Waals surface area contributed by atoms with Crippen LogP contribution in [0.3, 0.4) is 0 Å². The lowest BCUT2D eigenvalue weighted by atomic mass is 9.92. The van der Waals surface area contributed by atoms with Crippen LogP contribution in [-0.2, 0) is 44.4 Å². The molecule has 0 aliphatic rings. The number of aliphatic imine (C=N–C) groups is 2. The molecule has 0 bridgehead atoms. The van der Waals surface area contributed by atoms with Gasteiger partial charge in [-0.3, -0.25) is 24.7 Å². The Bertz CT molecular complexity index is 2660. The normalized spacial score (nSPS) is 11.9. The van der Waals surface area contributed by atoms with Gasteiger partial charge in [0, 0.05) is 110 Å². The molecule has 0 saturated carbocycles. The topological polar surface area (TPSA) is 177 Å². The van der Waals surface area contributed by atoms with Crippen LogP contribution in [-0.4, -0.2) is 70.4 Å². The van der Waals surface area contributed by atoms with Gasteiger partial charge in [-0.1, -0.05) is 59.6 Å². The molecule has 1 atom stereocenters. The molecule has 0 unspecified atom stereocenters. The average molecular weight is 921 g/mol. The number of rotatable bonds is 22. The zero-order valence-corrected chi connectivity index (χ0v) is 38.1. The number of pyridine rings is 2. The number of nitrogens with zero attached hydrogens (tertiary/aromatic N) is 4. The minimum absolute atomic E-state index is 0.0333. The van der Waals surface area contributed by atoms with Crippen molar-refractivity contribution < 1.29 is 39.1 Å². The standard InChI is InChI=1S/C50H51Cl2N5O8/c1-31-37(29-64-48-17-46(62-27-35-13-33(19-53-3)21-55-23-35)39(15-43(48)51)25-57-45(11-12-58)50(60)61)7-5-9-41(31)42-10-6-8-38(32(42)2)30-65-49-18-47(40(26-59)16-44(49)52)63-28-36-14-34(20-54-4)22-56-24-36/h5-10,13-24,45,57-59H,11-12,25-30H2,1-4H3,(H,60,61)/t45-/m1/s1. The van der Waals surface area contributed by atoms with E-state index in [-0.39, 0.29) is 52.6 Å². The number of aliphatic hydroxyl groups excluding tert-OH is 2. The van der Waals surface area contributed by atoms with Gasteiger partial charge in [0.2, 0.25) is 0 Å². The number of aromatic nitrogens is 2. The number of ether oxygens (including phenoxy) is 4. The highest BCUT2D eigenvalue weighted by Crippen LogP contribution is 2.37. The summed E-state index contributed by atoms with van der Waals surface area (Å²) in [7, 11) is 3.38. The van der Waals surface area contributed by atoms with E-state index in [4.69, 9.17) is 42.1 Å². The molecule has 0 spiro atoms. The van der Waals surface area contributed by atoms with E-state index in [1.54, 1.807) is 75.6 Å². The first kappa shape index (κ1) is 48.1. The van der Waals surface area contributed by atoms with E-state index in [1.165, 1.54) is 0 Å². The van der Waals surface area contributed by atoms with Gasteiger partial charge in [0.05, 0.1) is 16.7 Å². The Balaban J connectivity index is 1.18. The van der Waals surface area contributed by atoms with Crippen molar-refractivity contribution in [2.45, 2.75) is 65.9 Å². The molecular weight excluding hydrogens is 869 g/mol. The van der Waals surface area contributed by atoms with Crippen LogP contribution >= 0.6 is 23.2 Å². The molecule has 0 fully saturated rings. The first-order valence-electron chi connectivity index (χ1n) is 20.7. The maximum atomic E-state index is 11.8. The molecule has 6 aromatic rings. The predicted octanol–water partition coefficient (Wildman–Crippen LogP) is 8.90. The van der Waals surface area contributed by atoms with Crippen LogP contribution in [0.25, 0.3) is 11.1 Å². The largest absolute Gasteiger partial charge is 0.488 e. The Morgan fingerprint density at radius 1 is 0.662 bits per heavy atom.